The van der Waals surface area contributed by atoms with Crippen molar-refractivity contribution in [3.8, 4) is 16.8 Å². The van der Waals surface area contributed by atoms with E-state index in [-0.39, 0.29) is 11.6 Å². The molecule has 30 heavy (non-hydrogen) atoms. The summed E-state index contributed by atoms with van der Waals surface area (Å²) >= 11 is 0. The van der Waals surface area contributed by atoms with Crippen molar-refractivity contribution in [1.29, 1.82) is 0 Å². The molecule has 0 amide bonds. The summed E-state index contributed by atoms with van der Waals surface area (Å²) in [5.41, 5.74) is 1.95. The molecular formula is C22H21FN4O3. The molecule has 7 nitrogen and oxygen atoms in total. The molecule has 2 aromatic carbocycles. The van der Waals surface area contributed by atoms with Gasteiger partial charge in [-0.3, -0.25) is 0 Å². The molecule has 0 aliphatic rings. The number of rotatable bonds is 6. The Hall–Kier alpha value is -3.33. The van der Waals surface area contributed by atoms with Crippen LogP contribution in [0.25, 0.3) is 27.8 Å². The third-order valence-corrected chi connectivity index (χ3v) is 4.89. The summed E-state index contributed by atoms with van der Waals surface area (Å²) in [5, 5.41) is 32.6. The van der Waals surface area contributed by atoms with Gasteiger partial charge in [0.2, 0.25) is 0 Å². The van der Waals surface area contributed by atoms with Crippen LogP contribution in [0, 0.1) is 12.7 Å². The quantitative estimate of drug-likeness (QED) is 0.366. The minimum absolute atomic E-state index is 0.233. The van der Waals surface area contributed by atoms with Crippen LogP contribution in [0.3, 0.4) is 0 Å². The van der Waals surface area contributed by atoms with Crippen molar-refractivity contribution in [1.82, 2.24) is 14.5 Å². The van der Waals surface area contributed by atoms with Crippen LogP contribution in [0.2, 0.25) is 0 Å². The number of aliphatic hydroxyl groups excluding tert-OH is 2. The SMILES string of the molecule is Cc1cccc(-n2cc(-c3ccc(F)cc3)c3c(NC(O)(CO)CO)ncnc32)c1. The van der Waals surface area contributed by atoms with Crippen LogP contribution in [0.5, 0.6) is 0 Å². The molecule has 0 spiro atoms. The van der Waals surface area contributed by atoms with Gasteiger partial charge in [0.15, 0.2) is 11.4 Å². The van der Waals surface area contributed by atoms with Crippen molar-refractivity contribution in [3.63, 3.8) is 0 Å². The lowest BCUT2D eigenvalue weighted by molar-refractivity contribution is -0.0326. The zero-order valence-corrected chi connectivity index (χ0v) is 16.2. The second-order valence-corrected chi connectivity index (χ2v) is 7.15. The zero-order valence-electron chi connectivity index (χ0n) is 16.2. The summed E-state index contributed by atoms with van der Waals surface area (Å²) in [6.45, 7) is 0.541. The summed E-state index contributed by atoms with van der Waals surface area (Å²) < 4.78 is 15.4. The van der Waals surface area contributed by atoms with Crippen molar-refractivity contribution < 1.29 is 19.7 Å². The fourth-order valence-electron chi connectivity index (χ4n) is 3.33. The predicted molar refractivity (Wildman–Crippen MR) is 112 cm³/mol. The Balaban J connectivity index is 1.99. The minimum Gasteiger partial charge on any atom is -0.391 e. The van der Waals surface area contributed by atoms with Gasteiger partial charge in [0.25, 0.3) is 0 Å². The Bertz CT molecular complexity index is 1190. The number of nitrogens with one attached hydrogen (secondary N) is 1. The first-order chi connectivity index (χ1) is 14.4. The molecule has 0 fully saturated rings. The van der Waals surface area contributed by atoms with Crippen LogP contribution in [0.1, 0.15) is 5.56 Å². The van der Waals surface area contributed by atoms with Crippen LogP contribution < -0.4 is 5.32 Å². The molecule has 0 bridgehead atoms. The molecule has 0 saturated carbocycles. The molecule has 154 valence electrons. The van der Waals surface area contributed by atoms with Crippen LogP contribution in [0.4, 0.5) is 10.2 Å². The highest BCUT2D eigenvalue weighted by Crippen LogP contribution is 2.36. The predicted octanol–water partition coefficient (Wildman–Crippen LogP) is 2.62. The van der Waals surface area contributed by atoms with Gasteiger partial charge in [-0.15, -0.1) is 0 Å². The molecular weight excluding hydrogens is 387 g/mol. The summed E-state index contributed by atoms with van der Waals surface area (Å²) in [6, 6.07) is 13.9. The van der Waals surface area contributed by atoms with Gasteiger partial charge in [-0.1, -0.05) is 24.3 Å². The molecule has 0 atom stereocenters. The average Bonchev–Trinajstić information content (AvgIpc) is 3.15. The highest BCUT2D eigenvalue weighted by Gasteiger charge is 2.28. The fourth-order valence-corrected chi connectivity index (χ4v) is 3.33. The van der Waals surface area contributed by atoms with Gasteiger partial charge < -0.3 is 25.2 Å². The number of hydrogen-bond acceptors (Lipinski definition) is 6. The fraction of sp³-hybridized carbons (Fsp3) is 0.182. The molecule has 8 heteroatoms. The Labute approximate surface area is 172 Å². The molecule has 0 aliphatic heterocycles. The highest BCUT2D eigenvalue weighted by molar-refractivity contribution is 6.02. The maximum Gasteiger partial charge on any atom is 0.183 e. The Morgan fingerprint density at radius 3 is 2.47 bits per heavy atom. The first-order valence-electron chi connectivity index (χ1n) is 9.35. The molecule has 0 saturated heterocycles. The molecule has 0 aliphatic carbocycles. The van der Waals surface area contributed by atoms with Gasteiger partial charge in [0, 0.05) is 17.4 Å². The monoisotopic (exact) mass is 408 g/mol. The van der Waals surface area contributed by atoms with Crippen molar-refractivity contribution >= 4 is 16.9 Å². The number of anilines is 1. The Kier molecular flexibility index (Phi) is 5.21. The second kappa shape index (κ2) is 7.83. The van der Waals surface area contributed by atoms with Gasteiger partial charge in [0.1, 0.15) is 18.0 Å². The maximum atomic E-state index is 13.5. The maximum absolute atomic E-state index is 13.5. The molecule has 2 heterocycles. The van der Waals surface area contributed by atoms with Gasteiger partial charge in [0.05, 0.1) is 18.6 Å². The number of aryl methyl sites for hydroxylation is 1. The first kappa shape index (κ1) is 20.0. The molecule has 4 N–H and O–H groups in total. The normalized spacial score (nSPS) is 11.8. The van der Waals surface area contributed by atoms with E-state index in [1.54, 1.807) is 12.1 Å². The summed E-state index contributed by atoms with van der Waals surface area (Å²) in [7, 11) is 0. The van der Waals surface area contributed by atoms with Crippen LogP contribution >= 0.6 is 0 Å². The highest BCUT2D eigenvalue weighted by atomic mass is 19.1. The lowest BCUT2D eigenvalue weighted by Gasteiger charge is -2.25. The lowest BCUT2D eigenvalue weighted by Crippen LogP contribution is -2.45. The lowest BCUT2D eigenvalue weighted by atomic mass is 10.1. The van der Waals surface area contributed by atoms with Gasteiger partial charge in [-0.05, 0) is 42.3 Å². The van der Waals surface area contributed by atoms with Gasteiger partial charge in [-0.25, -0.2) is 14.4 Å². The van der Waals surface area contributed by atoms with E-state index in [0.717, 1.165) is 16.8 Å². The summed E-state index contributed by atoms with van der Waals surface area (Å²) in [6.07, 6.45) is 3.20. The van der Waals surface area contributed by atoms with E-state index in [2.05, 4.69) is 15.3 Å². The molecule has 0 radical (unpaired) electrons. The topological polar surface area (TPSA) is 103 Å². The number of hydrogen-bond donors (Lipinski definition) is 4. The van der Waals surface area contributed by atoms with Crippen LogP contribution in [-0.4, -0.2) is 48.8 Å². The van der Waals surface area contributed by atoms with Crippen LogP contribution in [0.15, 0.2) is 61.1 Å². The van der Waals surface area contributed by atoms with Crippen molar-refractivity contribution in [2.45, 2.75) is 12.6 Å². The summed E-state index contributed by atoms with van der Waals surface area (Å²) in [4.78, 5) is 8.65. The van der Waals surface area contributed by atoms with E-state index in [1.165, 1.54) is 18.5 Å². The standard InChI is InChI=1S/C22H21FN4O3/c1-14-3-2-4-17(9-14)27-10-18(15-5-7-16(23)8-6-15)19-20(24-13-25-21(19)27)26-22(30,11-28)12-29/h2-10,13,28-30H,11-12H2,1H3,(H,24,25,26). The van der Waals surface area contributed by atoms with Crippen molar-refractivity contribution in [2.75, 3.05) is 18.5 Å². The minimum atomic E-state index is -1.97. The van der Waals surface area contributed by atoms with Crippen molar-refractivity contribution in [2.24, 2.45) is 0 Å². The number of benzene rings is 2. The Morgan fingerprint density at radius 1 is 1.07 bits per heavy atom. The molecule has 0 unspecified atom stereocenters. The van der Waals surface area contributed by atoms with E-state index in [1.807, 2.05) is 42.0 Å². The van der Waals surface area contributed by atoms with E-state index in [0.29, 0.717) is 16.6 Å². The number of halogens is 1. The van der Waals surface area contributed by atoms with Gasteiger partial charge >= 0.3 is 0 Å². The smallest absolute Gasteiger partial charge is 0.183 e. The third kappa shape index (κ3) is 3.63. The van der Waals surface area contributed by atoms with Crippen LogP contribution in [-0.2, 0) is 0 Å². The van der Waals surface area contributed by atoms with E-state index >= 15 is 0 Å². The second-order valence-electron chi connectivity index (χ2n) is 7.15. The van der Waals surface area contributed by atoms with Gasteiger partial charge in [-0.2, -0.15) is 0 Å². The number of aromatic nitrogens is 3. The average molecular weight is 408 g/mol. The molecule has 2 aromatic heterocycles. The number of aliphatic hydroxyl groups is 3. The number of fused-ring (bicyclic) bond motifs is 1. The molecule has 4 aromatic rings. The molecule has 4 rings (SSSR count). The third-order valence-electron chi connectivity index (χ3n) is 4.89. The number of nitrogens with zero attached hydrogens (tertiary/aromatic N) is 3. The zero-order chi connectivity index (χ0) is 21.3. The first-order valence-corrected chi connectivity index (χ1v) is 9.35. The van der Waals surface area contributed by atoms with E-state index in [9.17, 15) is 19.7 Å². The van der Waals surface area contributed by atoms with E-state index in [4.69, 9.17) is 0 Å². The Morgan fingerprint density at radius 2 is 1.80 bits per heavy atom. The van der Waals surface area contributed by atoms with E-state index < -0.39 is 18.9 Å². The summed E-state index contributed by atoms with van der Waals surface area (Å²) in [5.74, 6) is -0.123. The largest absolute Gasteiger partial charge is 0.391 e. The van der Waals surface area contributed by atoms with Crippen molar-refractivity contribution in [3.05, 3.63) is 72.4 Å².